The summed E-state index contributed by atoms with van der Waals surface area (Å²) < 4.78 is 24.3. The molecule has 0 N–H and O–H groups in total. The topological polar surface area (TPSA) is 21.7 Å². The van der Waals surface area contributed by atoms with Gasteiger partial charge in [-0.25, -0.2) is 4.39 Å². The molecule has 82 valence electrons. The molecule has 2 heterocycles. The van der Waals surface area contributed by atoms with E-state index in [0.29, 0.717) is 19.8 Å². The summed E-state index contributed by atoms with van der Waals surface area (Å²) in [7, 11) is 1.62. The third-order valence-electron chi connectivity index (χ3n) is 3.39. The van der Waals surface area contributed by atoms with E-state index in [-0.39, 0.29) is 17.7 Å². The molecule has 0 aliphatic carbocycles. The van der Waals surface area contributed by atoms with Gasteiger partial charge in [0.15, 0.2) is 0 Å². The maximum atomic E-state index is 13.7. The zero-order valence-corrected chi connectivity index (χ0v) is 9.00. The van der Waals surface area contributed by atoms with Gasteiger partial charge >= 0.3 is 0 Å². The summed E-state index contributed by atoms with van der Waals surface area (Å²) >= 11 is 0. The van der Waals surface area contributed by atoms with Gasteiger partial charge in [-0.3, -0.25) is 4.90 Å². The predicted octanol–water partition coefficient (Wildman–Crippen LogP) is 1.04. The maximum absolute atomic E-state index is 13.7. The lowest BCUT2D eigenvalue weighted by Crippen LogP contribution is -2.41. The normalized spacial score (nSPS) is 41.6. The fourth-order valence-electron chi connectivity index (χ4n) is 2.54. The number of nitrogens with zero attached hydrogens (tertiary/aromatic N) is 1. The van der Waals surface area contributed by atoms with Crippen LogP contribution in [0.2, 0.25) is 0 Å². The second kappa shape index (κ2) is 3.43. The van der Waals surface area contributed by atoms with Crippen LogP contribution in [0.5, 0.6) is 0 Å². The Labute approximate surface area is 84.2 Å². The number of halogens is 1. The quantitative estimate of drug-likeness (QED) is 0.669. The number of hydrogen-bond acceptors (Lipinski definition) is 3. The summed E-state index contributed by atoms with van der Waals surface area (Å²) in [4.78, 5) is 2.11. The van der Waals surface area contributed by atoms with E-state index in [2.05, 4.69) is 4.90 Å². The fourth-order valence-corrected chi connectivity index (χ4v) is 2.54. The summed E-state index contributed by atoms with van der Waals surface area (Å²) in [5.41, 5.74) is -0.308. The molecule has 2 fully saturated rings. The van der Waals surface area contributed by atoms with Crippen LogP contribution >= 0.6 is 0 Å². The number of methoxy groups -OCH3 is 1. The van der Waals surface area contributed by atoms with Crippen LogP contribution in [0.4, 0.5) is 4.39 Å². The fraction of sp³-hybridized carbons (Fsp3) is 1.00. The minimum atomic E-state index is -0.775. The first kappa shape index (κ1) is 10.3. The Morgan fingerprint density at radius 2 is 2.29 bits per heavy atom. The first-order chi connectivity index (χ1) is 6.56. The Balaban J connectivity index is 2.10. The monoisotopic (exact) mass is 203 g/mol. The molecule has 0 aromatic carbocycles. The minimum absolute atomic E-state index is 0.0261. The van der Waals surface area contributed by atoms with E-state index in [9.17, 15) is 4.39 Å². The molecule has 0 radical (unpaired) electrons. The summed E-state index contributed by atoms with van der Waals surface area (Å²) in [6, 6.07) is 0.194. The Kier molecular flexibility index (Phi) is 2.53. The number of ether oxygens (including phenoxy) is 2. The molecule has 1 unspecified atom stereocenters. The Morgan fingerprint density at radius 3 is 2.93 bits per heavy atom. The van der Waals surface area contributed by atoms with Gasteiger partial charge in [-0.15, -0.1) is 0 Å². The number of fused-ring (bicyclic) bond motifs is 1. The molecule has 4 heteroatoms. The van der Waals surface area contributed by atoms with Crippen LogP contribution in [0.3, 0.4) is 0 Å². The Bertz CT molecular complexity index is 222. The van der Waals surface area contributed by atoms with E-state index >= 15 is 0 Å². The molecule has 0 aromatic heterocycles. The van der Waals surface area contributed by atoms with Gasteiger partial charge in [0.2, 0.25) is 0 Å². The largest absolute Gasteiger partial charge is 0.384 e. The lowest BCUT2D eigenvalue weighted by Gasteiger charge is -2.28. The van der Waals surface area contributed by atoms with Crippen molar-refractivity contribution in [2.75, 3.05) is 26.9 Å². The summed E-state index contributed by atoms with van der Waals surface area (Å²) in [5, 5.41) is 0. The molecule has 2 rings (SSSR count). The number of rotatable bonds is 2. The van der Waals surface area contributed by atoms with Crippen LogP contribution in [-0.2, 0) is 9.47 Å². The lowest BCUT2D eigenvalue weighted by atomic mass is 10.0. The first-order valence-corrected chi connectivity index (χ1v) is 5.10. The maximum Gasteiger partial charge on any atom is 0.119 e. The molecule has 3 atom stereocenters. The van der Waals surface area contributed by atoms with Crippen LogP contribution < -0.4 is 0 Å². The van der Waals surface area contributed by atoms with E-state index in [1.165, 1.54) is 0 Å². The van der Waals surface area contributed by atoms with Crippen LogP contribution in [0.1, 0.15) is 13.8 Å². The van der Waals surface area contributed by atoms with Gasteiger partial charge in [-0.1, -0.05) is 0 Å². The zero-order valence-electron chi connectivity index (χ0n) is 9.00. The Morgan fingerprint density at radius 1 is 1.57 bits per heavy atom. The third-order valence-corrected chi connectivity index (χ3v) is 3.39. The van der Waals surface area contributed by atoms with E-state index in [1.807, 2.05) is 13.8 Å². The van der Waals surface area contributed by atoms with Gasteiger partial charge < -0.3 is 9.47 Å². The van der Waals surface area contributed by atoms with Gasteiger partial charge in [-0.05, 0) is 13.8 Å². The molecular formula is C10H18FNO2. The molecule has 0 amide bonds. The SMILES string of the molecule is COC[C@@H]1C(F)CN2[C@@H]1COC2(C)C. The average molecular weight is 203 g/mol. The van der Waals surface area contributed by atoms with Crippen LogP contribution in [0.25, 0.3) is 0 Å². The number of hydrogen-bond donors (Lipinski definition) is 0. The predicted molar refractivity (Wildman–Crippen MR) is 50.8 cm³/mol. The lowest BCUT2D eigenvalue weighted by molar-refractivity contribution is -0.0521. The van der Waals surface area contributed by atoms with Crippen LogP contribution in [0, 0.1) is 5.92 Å². The van der Waals surface area contributed by atoms with Gasteiger partial charge in [-0.2, -0.15) is 0 Å². The van der Waals surface area contributed by atoms with Crippen molar-refractivity contribution in [3.63, 3.8) is 0 Å². The molecule has 2 saturated heterocycles. The van der Waals surface area contributed by atoms with Crippen LogP contribution in [-0.4, -0.2) is 49.7 Å². The molecule has 14 heavy (non-hydrogen) atoms. The molecule has 0 spiro atoms. The summed E-state index contributed by atoms with van der Waals surface area (Å²) in [6.07, 6.45) is -0.775. The Hall–Kier alpha value is -0.190. The highest BCUT2D eigenvalue weighted by molar-refractivity contribution is 5.00. The molecule has 2 aliphatic rings. The van der Waals surface area contributed by atoms with Gasteiger partial charge in [0.05, 0.1) is 13.2 Å². The highest BCUT2D eigenvalue weighted by atomic mass is 19.1. The highest BCUT2D eigenvalue weighted by Gasteiger charge is 2.52. The van der Waals surface area contributed by atoms with Crippen molar-refractivity contribution in [1.82, 2.24) is 4.90 Å². The van der Waals surface area contributed by atoms with E-state index in [0.717, 1.165) is 0 Å². The zero-order chi connectivity index (χ0) is 10.3. The molecule has 3 nitrogen and oxygen atoms in total. The second-order valence-corrected chi connectivity index (χ2v) is 4.61. The highest BCUT2D eigenvalue weighted by Crippen LogP contribution is 2.38. The molecule has 0 bridgehead atoms. The second-order valence-electron chi connectivity index (χ2n) is 4.61. The van der Waals surface area contributed by atoms with Crippen molar-refractivity contribution in [3.8, 4) is 0 Å². The van der Waals surface area contributed by atoms with Crippen molar-refractivity contribution in [1.29, 1.82) is 0 Å². The van der Waals surface area contributed by atoms with E-state index in [4.69, 9.17) is 9.47 Å². The van der Waals surface area contributed by atoms with Gasteiger partial charge in [0, 0.05) is 25.6 Å². The molecule has 0 saturated carbocycles. The number of alkyl halides is 1. The van der Waals surface area contributed by atoms with Crippen molar-refractivity contribution < 1.29 is 13.9 Å². The van der Waals surface area contributed by atoms with Gasteiger partial charge in [0.25, 0.3) is 0 Å². The molecular weight excluding hydrogens is 185 g/mol. The average Bonchev–Trinajstić information content (AvgIpc) is 2.55. The summed E-state index contributed by atoms with van der Waals surface area (Å²) in [6.45, 7) is 5.58. The van der Waals surface area contributed by atoms with Crippen molar-refractivity contribution in [2.24, 2.45) is 5.92 Å². The molecule has 0 aromatic rings. The van der Waals surface area contributed by atoms with E-state index in [1.54, 1.807) is 7.11 Å². The summed E-state index contributed by atoms with van der Waals surface area (Å²) in [5.74, 6) is -0.0261. The van der Waals surface area contributed by atoms with Crippen molar-refractivity contribution in [3.05, 3.63) is 0 Å². The van der Waals surface area contributed by atoms with E-state index < -0.39 is 6.17 Å². The minimum Gasteiger partial charge on any atom is -0.384 e. The molecule has 2 aliphatic heterocycles. The third kappa shape index (κ3) is 1.45. The smallest absolute Gasteiger partial charge is 0.119 e. The van der Waals surface area contributed by atoms with Crippen molar-refractivity contribution in [2.45, 2.75) is 31.8 Å². The van der Waals surface area contributed by atoms with Gasteiger partial charge in [0.1, 0.15) is 11.9 Å². The first-order valence-electron chi connectivity index (χ1n) is 5.10. The van der Waals surface area contributed by atoms with Crippen LogP contribution in [0.15, 0.2) is 0 Å². The van der Waals surface area contributed by atoms with Crippen molar-refractivity contribution >= 4 is 0 Å². The standard InChI is InChI=1S/C10H18FNO2/c1-10(2)12-4-8(11)7(5-13-3)9(12)6-14-10/h7-9H,4-6H2,1-3H3/t7-,8?,9-/m1/s1.